The van der Waals surface area contributed by atoms with Gasteiger partial charge in [0.05, 0.1) is 36.9 Å². The monoisotopic (exact) mass is 406 g/mol. The molecule has 1 amide bonds. The first kappa shape index (κ1) is 18.1. The Balaban J connectivity index is 1.41. The number of rotatable bonds is 5. The highest BCUT2D eigenvalue weighted by molar-refractivity contribution is 5.93. The Bertz CT molecular complexity index is 1190. The Kier molecular flexibility index (Phi) is 4.48. The maximum absolute atomic E-state index is 11.3. The zero-order chi connectivity index (χ0) is 20.5. The molecular formula is C19H18N8O3. The lowest BCUT2D eigenvalue weighted by Gasteiger charge is -2.27. The number of fused-ring (bicyclic) bond motifs is 1. The van der Waals surface area contributed by atoms with E-state index in [1.54, 1.807) is 23.0 Å². The van der Waals surface area contributed by atoms with Gasteiger partial charge in [-0.3, -0.25) is 4.79 Å². The fourth-order valence-electron chi connectivity index (χ4n) is 3.25. The predicted octanol–water partition coefficient (Wildman–Crippen LogP) is 1.46. The van der Waals surface area contributed by atoms with Gasteiger partial charge >= 0.3 is 0 Å². The average Bonchev–Trinajstić information content (AvgIpc) is 3.46. The molecule has 1 saturated heterocycles. The average molecular weight is 406 g/mol. The van der Waals surface area contributed by atoms with Gasteiger partial charge < -0.3 is 25.1 Å². The van der Waals surface area contributed by atoms with Crippen molar-refractivity contribution < 1.29 is 13.9 Å². The van der Waals surface area contributed by atoms with Crippen LogP contribution < -0.4 is 16.0 Å². The van der Waals surface area contributed by atoms with E-state index in [-0.39, 0.29) is 5.56 Å². The van der Waals surface area contributed by atoms with Gasteiger partial charge in [0.2, 0.25) is 0 Å². The molecule has 5 rings (SSSR count). The molecular weight excluding hydrogens is 388 g/mol. The van der Waals surface area contributed by atoms with E-state index in [1.165, 1.54) is 12.6 Å². The summed E-state index contributed by atoms with van der Waals surface area (Å²) in [7, 11) is 0. The molecule has 0 saturated carbocycles. The van der Waals surface area contributed by atoms with Crippen LogP contribution in [-0.2, 0) is 4.74 Å². The SMILES string of the molecule is NC(=O)c1coc(-c2cnc(Nc3ccc(N4CCOCC4)nc3)c3ncnn23)c1. The topological polar surface area (TPSA) is 137 Å². The highest BCUT2D eigenvalue weighted by Crippen LogP contribution is 2.26. The van der Waals surface area contributed by atoms with Crippen molar-refractivity contribution >= 4 is 28.9 Å². The van der Waals surface area contributed by atoms with E-state index in [0.29, 0.717) is 36.1 Å². The quantitative estimate of drug-likeness (QED) is 0.504. The number of nitrogens with one attached hydrogen (secondary N) is 1. The van der Waals surface area contributed by atoms with Crippen molar-refractivity contribution in [2.75, 3.05) is 36.5 Å². The lowest BCUT2D eigenvalue weighted by molar-refractivity contribution is 0.0999. The van der Waals surface area contributed by atoms with Crippen LogP contribution in [0.1, 0.15) is 10.4 Å². The molecule has 0 unspecified atom stereocenters. The highest BCUT2D eigenvalue weighted by Gasteiger charge is 2.16. The van der Waals surface area contributed by atoms with Crippen LogP contribution in [0.3, 0.4) is 0 Å². The van der Waals surface area contributed by atoms with Gasteiger partial charge in [0, 0.05) is 13.1 Å². The zero-order valence-electron chi connectivity index (χ0n) is 15.9. The molecule has 152 valence electrons. The molecule has 0 spiro atoms. The van der Waals surface area contributed by atoms with E-state index in [0.717, 1.165) is 24.6 Å². The Morgan fingerprint density at radius 3 is 2.73 bits per heavy atom. The third-order valence-electron chi connectivity index (χ3n) is 4.79. The molecule has 1 fully saturated rings. The van der Waals surface area contributed by atoms with Crippen molar-refractivity contribution in [1.82, 2.24) is 24.6 Å². The summed E-state index contributed by atoms with van der Waals surface area (Å²) < 4.78 is 12.4. The molecule has 5 heterocycles. The first-order valence-corrected chi connectivity index (χ1v) is 9.32. The minimum absolute atomic E-state index is 0.270. The minimum Gasteiger partial charge on any atom is -0.462 e. The number of pyridine rings is 1. The standard InChI is InChI=1S/C19H18N8O3/c20-17(28)12-7-15(30-10-12)14-9-22-18(19-23-11-24-27(14)19)25-13-1-2-16(21-8-13)26-3-5-29-6-4-26/h1-2,7-11H,3-6H2,(H2,20,28)(H,22,25). The smallest absolute Gasteiger partial charge is 0.251 e. The molecule has 0 aliphatic carbocycles. The molecule has 4 aromatic rings. The Morgan fingerprint density at radius 2 is 2.00 bits per heavy atom. The maximum Gasteiger partial charge on any atom is 0.251 e. The van der Waals surface area contributed by atoms with Gasteiger partial charge in [-0.05, 0) is 18.2 Å². The molecule has 1 aliphatic heterocycles. The lowest BCUT2D eigenvalue weighted by atomic mass is 10.2. The van der Waals surface area contributed by atoms with Crippen molar-refractivity contribution in [3.8, 4) is 11.5 Å². The van der Waals surface area contributed by atoms with Crippen molar-refractivity contribution in [3.63, 3.8) is 0 Å². The molecule has 0 atom stereocenters. The second kappa shape index (κ2) is 7.44. The van der Waals surface area contributed by atoms with Gasteiger partial charge in [-0.15, -0.1) is 0 Å². The number of hydrogen-bond acceptors (Lipinski definition) is 9. The second-order valence-corrected chi connectivity index (χ2v) is 6.68. The summed E-state index contributed by atoms with van der Waals surface area (Å²) >= 11 is 0. The van der Waals surface area contributed by atoms with E-state index in [4.69, 9.17) is 14.9 Å². The Hall–Kier alpha value is -3.99. The molecule has 0 bridgehead atoms. The van der Waals surface area contributed by atoms with Crippen LogP contribution in [0.4, 0.5) is 17.3 Å². The maximum atomic E-state index is 11.3. The summed E-state index contributed by atoms with van der Waals surface area (Å²) in [4.78, 5) is 26.8. The van der Waals surface area contributed by atoms with Crippen molar-refractivity contribution in [2.24, 2.45) is 5.73 Å². The Labute approximate surface area is 170 Å². The number of nitrogens with two attached hydrogens (primary N) is 1. The van der Waals surface area contributed by atoms with E-state index in [2.05, 4.69) is 30.3 Å². The molecule has 0 aromatic carbocycles. The van der Waals surface area contributed by atoms with Gasteiger partial charge in [0.25, 0.3) is 5.91 Å². The van der Waals surface area contributed by atoms with Crippen LogP contribution in [0.15, 0.2) is 47.6 Å². The minimum atomic E-state index is -0.570. The van der Waals surface area contributed by atoms with Gasteiger partial charge in [-0.2, -0.15) is 5.10 Å². The van der Waals surface area contributed by atoms with Crippen LogP contribution in [-0.4, -0.2) is 56.8 Å². The highest BCUT2D eigenvalue weighted by atomic mass is 16.5. The normalized spacial score (nSPS) is 14.2. The van der Waals surface area contributed by atoms with E-state index < -0.39 is 5.91 Å². The molecule has 1 aliphatic rings. The molecule has 0 radical (unpaired) electrons. The summed E-state index contributed by atoms with van der Waals surface area (Å²) in [6.07, 6.45) is 6.06. The van der Waals surface area contributed by atoms with Crippen LogP contribution in [0, 0.1) is 0 Å². The molecule has 3 N–H and O–H groups in total. The van der Waals surface area contributed by atoms with Crippen molar-refractivity contribution in [1.29, 1.82) is 0 Å². The van der Waals surface area contributed by atoms with Crippen molar-refractivity contribution in [2.45, 2.75) is 0 Å². The third kappa shape index (κ3) is 3.31. The van der Waals surface area contributed by atoms with E-state index >= 15 is 0 Å². The summed E-state index contributed by atoms with van der Waals surface area (Å²) in [5.41, 5.74) is 7.38. The van der Waals surface area contributed by atoms with Crippen LogP contribution >= 0.6 is 0 Å². The summed E-state index contributed by atoms with van der Waals surface area (Å²) in [6, 6.07) is 5.44. The fourth-order valence-corrected chi connectivity index (χ4v) is 3.25. The number of hydrogen-bond donors (Lipinski definition) is 2. The van der Waals surface area contributed by atoms with Crippen LogP contribution in [0.2, 0.25) is 0 Å². The third-order valence-corrected chi connectivity index (χ3v) is 4.79. The number of morpholine rings is 1. The number of nitrogens with zero attached hydrogens (tertiary/aromatic N) is 6. The van der Waals surface area contributed by atoms with Gasteiger partial charge in [0.15, 0.2) is 17.2 Å². The molecule has 30 heavy (non-hydrogen) atoms. The van der Waals surface area contributed by atoms with Gasteiger partial charge in [-0.25, -0.2) is 19.5 Å². The number of aromatic nitrogens is 5. The first-order chi connectivity index (χ1) is 14.7. The van der Waals surface area contributed by atoms with Crippen LogP contribution in [0.25, 0.3) is 17.1 Å². The number of furan rings is 1. The fraction of sp³-hybridized carbons (Fsp3) is 0.211. The number of amides is 1. The zero-order valence-corrected chi connectivity index (χ0v) is 15.9. The number of carbonyl (C=O) groups is 1. The van der Waals surface area contributed by atoms with Crippen molar-refractivity contribution in [3.05, 3.63) is 48.7 Å². The Morgan fingerprint density at radius 1 is 1.13 bits per heavy atom. The van der Waals surface area contributed by atoms with E-state index in [9.17, 15) is 4.79 Å². The molecule has 4 aromatic heterocycles. The largest absolute Gasteiger partial charge is 0.462 e. The lowest BCUT2D eigenvalue weighted by Crippen LogP contribution is -2.36. The summed E-state index contributed by atoms with van der Waals surface area (Å²) in [5, 5.41) is 7.46. The first-order valence-electron chi connectivity index (χ1n) is 9.32. The van der Waals surface area contributed by atoms with Crippen LogP contribution in [0.5, 0.6) is 0 Å². The molecule has 11 nitrogen and oxygen atoms in total. The van der Waals surface area contributed by atoms with E-state index in [1.807, 2.05) is 12.1 Å². The predicted molar refractivity (Wildman–Crippen MR) is 108 cm³/mol. The molecule has 11 heteroatoms. The van der Waals surface area contributed by atoms with Gasteiger partial charge in [-0.1, -0.05) is 0 Å². The number of carbonyl (C=O) groups excluding carboxylic acids is 1. The number of ether oxygens (including phenoxy) is 1. The second-order valence-electron chi connectivity index (χ2n) is 6.68. The summed E-state index contributed by atoms with van der Waals surface area (Å²) in [5.74, 6) is 1.26. The number of anilines is 3. The summed E-state index contributed by atoms with van der Waals surface area (Å²) in [6.45, 7) is 3.07. The number of primary amides is 1. The van der Waals surface area contributed by atoms with Gasteiger partial charge in [0.1, 0.15) is 24.1 Å².